The van der Waals surface area contributed by atoms with Crippen LogP contribution in [0, 0.1) is 17.7 Å². The van der Waals surface area contributed by atoms with Crippen LogP contribution < -0.4 is 4.72 Å². The molecule has 0 unspecified atom stereocenters. The van der Waals surface area contributed by atoms with Gasteiger partial charge in [0.1, 0.15) is 12.4 Å². The lowest BCUT2D eigenvalue weighted by molar-refractivity contribution is 0.350. The standard InChI is InChI=1S/C14H16FNO3S2/c1-20-14(6-7-14)10-16-21(18,19)13-5-4-12(15)9-11(13)3-2-8-17/h4-5,9,16-17H,6-8,10H2,1H3. The molecule has 1 aromatic rings. The molecule has 1 aliphatic rings. The maximum Gasteiger partial charge on any atom is 0.241 e. The first-order valence-electron chi connectivity index (χ1n) is 6.36. The van der Waals surface area contributed by atoms with Crippen molar-refractivity contribution in [3.05, 3.63) is 29.6 Å². The molecule has 0 bridgehead atoms. The molecule has 114 valence electrons. The normalized spacial score (nSPS) is 16.1. The summed E-state index contributed by atoms with van der Waals surface area (Å²) < 4.78 is 40.5. The maximum atomic E-state index is 13.3. The van der Waals surface area contributed by atoms with Crippen molar-refractivity contribution in [1.82, 2.24) is 4.72 Å². The van der Waals surface area contributed by atoms with E-state index in [1.54, 1.807) is 11.8 Å². The highest BCUT2D eigenvalue weighted by molar-refractivity contribution is 8.00. The number of halogens is 1. The molecule has 0 saturated heterocycles. The van der Waals surface area contributed by atoms with Gasteiger partial charge >= 0.3 is 0 Å². The number of benzene rings is 1. The van der Waals surface area contributed by atoms with Gasteiger partial charge in [0, 0.05) is 16.9 Å². The van der Waals surface area contributed by atoms with Gasteiger partial charge < -0.3 is 5.11 Å². The molecule has 0 aliphatic heterocycles. The van der Waals surface area contributed by atoms with Gasteiger partial charge in [0.25, 0.3) is 0 Å². The van der Waals surface area contributed by atoms with E-state index in [9.17, 15) is 12.8 Å². The fourth-order valence-corrected chi connectivity index (χ4v) is 3.95. The molecule has 0 heterocycles. The zero-order valence-corrected chi connectivity index (χ0v) is 13.2. The third-order valence-corrected chi connectivity index (χ3v) is 6.24. The van der Waals surface area contributed by atoms with E-state index in [-0.39, 0.29) is 15.2 Å². The van der Waals surface area contributed by atoms with Gasteiger partial charge in [-0.2, -0.15) is 11.8 Å². The summed E-state index contributed by atoms with van der Waals surface area (Å²) in [6.07, 6.45) is 3.92. The Labute approximate surface area is 128 Å². The molecular formula is C14H16FNO3S2. The number of thioether (sulfide) groups is 1. The Kier molecular flexibility index (Phi) is 4.94. The number of hydrogen-bond donors (Lipinski definition) is 2. The third-order valence-electron chi connectivity index (χ3n) is 3.36. The molecule has 2 rings (SSSR count). The molecule has 4 nitrogen and oxygen atoms in total. The van der Waals surface area contributed by atoms with E-state index in [0.717, 1.165) is 25.0 Å². The first-order chi connectivity index (χ1) is 9.92. The summed E-state index contributed by atoms with van der Waals surface area (Å²) in [5, 5.41) is 8.71. The summed E-state index contributed by atoms with van der Waals surface area (Å²) in [7, 11) is -3.76. The molecule has 0 spiro atoms. The van der Waals surface area contributed by atoms with E-state index in [1.807, 2.05) is 6.26 Å². The van der Waals surface area contributed by atoms with Crippen LogP contribution in [0.15, 0.2) is 23.1 Å². The minimum Gasteiger partial charge on any atom is -0.384 e. The van der Waals surface area contributed by atoms with Crippen LogP contribution in [0.25, 0.3) is 0 Å². The topological polar surface area (TPSA) is 66.4 Å². The van der Waals surface area contributed by atoms with E-state index in [2.05, 4.69) is 16.6 Å². The molecule has 0 radical (unpaired) electrons. The van der Waals surface area contributed by atoms with Crippen LogP contribution >= 0.6 is 11.8 Å². The first-order valence-corrected chi connectivity index (χ1v) is 9.07. The predicted molar refractivity (Wildman–Crippen MR) is 81.0 cm³/mol. The Hall–Kier alpha value is -1.07. The summed E-state index contributed by atoms with van der Waals surface area (Å²) in [5.74, 6) is 4.24. The lowest BCUT2D eigenvalue weighted by atomic mass is 10.2. The van der Waals surface area contributed by atoms with Crippen LogP contribution in [0.5, 0.6) is 0 Å². The van der Waals surface area contributed by atoms with E-state index >= 15 is 0 Å². The fourth-order valence-electron chi connectivity index (χ4n) is 1.87. The molecule has 0 amide bonds. The molecule has 1 fully saturated rings. The molecule has 1 aromatic carbocycles. The van der Waals surface area contributed by atoms with Crippen molar-refractivity contribution < 1.29 is 17.9 Å². The van der Waals surface area contributed by atoms with Crippen LogP contribution in [0.3, 0.4) is 0 Å². The lowest BCUT2D eigenvalue weighted by Crippen LogP contribution is -2.32. The molecule has 1 aliphatic carbocycles. The van der Waals surface area contributed by atoms with Crippen molar-refractivity contribution in [1.29, 1.82) is 0 Å². The monoisotopic (exact) mass is 329 g/mol. The zero-order valence-electron chi connectivity index (χ0n) is 11.5. The average molecular weight is 329 g/mol. The number of rotatable bonds is 5. The smallest absolute Gasteiger partial charge is 0.241 e. The lowest BCUT2D eigenvalue weighted by Gasteiger charge is -2.14. The Morgan fingerprint density at radius 2 is 2.19 bits per heavy atom. The summed E-state index contributed by atoms with van der Waals surface area (Å²) in [6, 6.07) is 3.33. The van der Waals surface area contributed by atoms with E-state index in [0.29, 0.717) is 6.54 Å². The Balaban J connectivity index is 2.26. The number of hydrogen-bond acceptors (Lipinski definition) is 4. The molecule has 0 aromatic heterocycles. The highest BCUT2D eigenvalue weighted by Gasteiger charge is 2.42. The average Bonchev–Trinajstić information content (AvgIpc) is 3.23. The quantitative estimate of drug-likeness (QED) is 0.800. The maximum absolute atomic E-state index is 13.3. The Morgan fingerprint density at radius 1 is 1.48 bits per heavy atom. The predicted octanol–water partition coefficient (Wildman–Crippen LogP) is 1.34. The number of aliphatic hydroxyl groups is 1. The fraction of sp³-hybridized carbons (Fsp3) is 0.429. The zero-order chi connectivity index (χ0) is 15.5. The molecule has 7 heteroatoms. The van der Waals surface area contributed by atoms with Crippen molar-refractivity contribution >= 4 is 21.8 Å². The molecule has 0 atom stereocenters. The van der Waals surface area contributed by atoms with Gasteiger partial charge in [-0.25, -0.2) is 17.5 Å². The second kappa shape index (κ2) is 6.36. The summed E-state index contributed by atoms with van der Waals surface area (Å²) in [6.45, 7) is -0.0697. The van der Waals surface area contributed by atoms with Gasteiger partial charge in [0.05, 0.1) is 4.90 Å². The largest absolute Gasteiger partial charge is 0.384 e. The van der Waals surface area contributed by atoms with E-state index in [1.165, 1.54) is 6.07 Å². The summed E-state index contributed by atoms with van der Waals surface area (Å²) in [4.78, 5) is -0.0678. The van der Waals surface area contributed by atoms with Crippen molar-refractivity contribution in [2.75, 3.05) is 19.4 Å². The Morgan fingerprint density at radius 3 is 2.76 bits per heavy atom. The third kappa shape index (κ3) is 3.98. The van der Waals surface area contributed by atoms with Crippen molar-refractivity contribution in [2.45, 2.75) is 22.5 Å². The second-order valence-corrected chi connectivity index (χ2v) is 7.82. The number of sulfonamides is 1. The number of nitrogens with one attached hydrogen (secondary N) is 1. The van der Waals surface area contributed by atoms with Gasteiger partial charge in [-0.05, 0) is 37.3 Å². The highest BCUT2D eigenvalue weighted by Crippen LogP contribution is 2.46. The van der Waals surface area contributed by atoms with Gasteiger partial charge in [-0.15, -0.1) is 0 Å². The summed E-state index contributed by atoms with van der Waals surface area (Å²) >= 11 is 1.65. The van der Waals surface area contributed by atoms with E-state index < -0.39 is 22.4 Å². The SMILES string of the molecule is CSC1(CNS(=O)(=O)c2ccc(F)cc2C#CCO)CC1. The van der Waals surface area contributed by atoms with Crippen LogP contribution in [-0.4, -0.2) is 37.7 Å². The minimum atomic E-state index is -3.76. The molecule has 21 heavy (non-hydrogen) atoms. The van der Waals surface area contributed by atoms with Crippen LogP contribution in [0.1, 0.15) is 18.4 Å². The van der Waals surface area contributed by atoms with Crippen LogP contribution in [0.2, 0.25) is 0 Å². The van der Waals surface area contributed by atoms with Crippen LogP contribution in [-0.2, 0) is 10.0 Å². The first kappa shape index (κ1) is 16.3. The van der Waals surface area contributed by atoms with Gasteiger partial charge in [0.15, 0.2) is 0 Å². The van der Waals surface area contributed by atoms with Gasteiger partial charge in [-0.3, -0.25) is 0 Å². The molecular weight excluding hydrogens is 313 g/mol. The Bertz CT molecular complexity index is 688. The molecule has 1 saturated carbocycles. The van der Waals surface area contributed by atoms with Crippen molar-refractivity contribution in [2.24, 2.45) is 0 Å². The van der Waals surface area contributed by atoms with Gasteiger partial charge in [-0.1, -0.05) is 11.8 Å². The highest BCUT2D eigenvalue weighted by atomic mass is 32.2. The molecule has 2 N–H and O–H groups in total. The second-order valence-electron chi connectivity index (χ2n) is 4.81. The van der Waals surface area contributed by atoms with Crippen molar-refractivity contribution in [3.63, 3.8) is 0 Å². The van der Waals surface area contributed by atoms with Gasteiger partial charge in [0.2, 0.25) is 10.0 Å². The van der Waals surface area contributed by atoms with Crippen LogP contribution in [0.4, 0.5) is 4.39 Å². The number of aliphatic hydroxyl groups excluding tert-OH is 1. The minimum absolute atomic E-state index is 0.00988. The van der Waals surface area contributed by atoms with E-state index in [4.69, 9.17) is 5.11 Å². The van der Waals surface area contributed by atoms with Crippen molar-refractivity contribution in [3.8, 4) is 11.8 Å². The summed E-state index contributed by atoms with van der Waals surface area (Å²) in [5.41, 5.74) is 0.0468.